The van der Waals surface area contributed by atoms with Gasteiger partial charge in [0.25, 0.3) is 5.91 Å². The number of phenolic OH excluding ortho intramolecular Hbond substituents is 1. The lowest BCUT2D eigenvalue weighted by atomic mass is 10.0. The molecule has 1 heterocycles. The number of hydrogen-bond acceptors (Lipinski definition) is 4. The fourth-order valence-corrected chi connectivity index (χ4v) is 3.37. The molecule has 0 saturated heterocycles. The van der Waals surface area contributed by atoms with Gasteiger partial charge in [0.2, 0.25) is 0 Å². The molecule has 0 aliphatic rings. The molecule has 5 nitrogen and oxygen atoms in total. The minimum absolute atomic E-state index is 0.00304. The summed E-state index contributed by atoms with van der Waals surface area (Å²) in [7, 11) is 1.74. The van der Waals surface area contributed by atoms with Gasteiger partial charge in [-0.05, 0) is 29.3 Å². The van der Waals surface area contributed by atoms with Crippen molar-refractivity contribution in [2.75, 3.05) is 13.6 Å². The molecule has 0 unspecified atom stereocenters. The van der Waals surface area contributed by atoms with E-state index < -0.39 is 0 Å². The second kappa shape index (κ2) is 8.19. The maximum atomic E-state index is 12.8. The Morgan fingerprint density at radius 1 is 1.00 bits per heavy atom. The number of carbonyl (C=O) groups excluding carboxylic acids is 1. The Bertz CT molecular complexity index is 1140. The topological polar surface area (TPSA) is 66.6 Å². The molecule has 5 heteroatoms. The molecule has 0 spiro atoms. The van der Waals surface area contributed by atoms with E-state index in [1.165, 1.54) is 0 Å². The first-order valence-corrected chi connectivity index (χ1v) is 9.60. The van der Waals surface area contributed by atoms with Gasteiger partial charge in [-0.25, -0.2) is 0 Å². The normalized spacial score (nSPS) is 10.9. The van der Waals surface area contributed by atoms with E-state index >= 15 is 0 Å². The Balaban J connectivity index is 1.37. The van der Waals surface area contributed by atoms with Crippen molar-refractivity contribution in [3.63, 3.8) is 0 Å². The molecular formula is C24H22N2O3. The van der Waals surface area contributed by atoms with Gasteiger partial charge < -0.3 is 14.5 Å². The summed E-state index contributed by atoms with van der Waals surface area (Å²) >= 11 is 0. The third kappa shape index (κ3) is 4.14. The van der Waals surface area contributed by atoms with Crippen molar-refractivity contribution < 1.29 is 14.4 Å². The van der Waals surface area contributed by atoms with E-state index in [2.05, 4.69) is 5.16 Å². The van der Waals surface area contributed by atoms with Crippen LogP contribution in [0.1, 0.15) is 22.5 Å². The Morgan fingerprint density at radius 3 is 2.45 bits per heavy atom. The zero-order valence-electron chi connectivity index (χ0n) is 16.2. The predicted octanol–water partition coefficient (Wildman–Crippen LogP) is 4.91. The standard InChI is InChI=1S/C24H22N2O3/c1-26(24(28)21-14-18-10-5-6-11-19(18)15-23(21)27)13-7-12-20-16-22(25-29-20)17-8-3-2-4-9-17/h2-6,8-11,14-16,27H,7,12-13H2,1H3. The number of fused-ring (bicyclic) bond motifs is 1. The number of nitrogens with zero attached hydrogens (tertiary/aromatic N) is 2. The van der Waals surface area contributed by atoms with Crippen LogP contribution in [-0.4, -0.2) is 34.7 Å². The molecule has 4 rings (SSSR count). The van der Waals surface area contributed by atoms with E-state index in [-0.39, 0.29) is 11.7 Å². The molecule has 146 valence electrons. The number of aromatic hydroxyl groups is 1. The van der Waals surface area contributed by atoms with E-state index in [0.29, 0.717) is 18.5 Å². The highest BCUT2D eigenvalue weighted by Gasteiger charge is 2.17. The van der Waals surface area contributed by atoms with Crippen LogP contribution in [0.2, 0.25) is 0 Å². The number of benzene rings is 3. The lowest BCUT2D eigenvalue weighted by Gasteiger charge is -2.18. The Labute approximate surface area is 169 Å². The molecule has 1 amide bonds. The lowest BCUT2D eigenvalue weighted by molar-refractivity contribution is 0.0790. The summed E-state index contributed by atoms with van der Waals surface area (Å²) in [6, 6.07) is 22.8. The molecule has 4 aromatic rings. The van der Waals surface area contributed by atoms with Gasteiger partial charge in [-0.1, -0.05) is 59.8 Å². The highest BCUT2D eigenvalue weighted by atomic mass is 16.5. The van der Waals surface area contributed by atoms with E-state index in [9.17, 15) is 9.90 Å². The highest BCUT2D eigenvalue weighted by Crippen LogP contribution is 2.26. The predicted molar refractivity (Wildman–Crippen MR) is 113 cm³/mol. The van der Waals surface area contributed by atoms with Gasteiger partial charge in [-0.3, -0.25) is 4.79 Å². The fourth-order valence-electron chi connectivity index (χ4n) is 3.37. The number of aromatic nitrogens is 1. The van der Waals surface area contributed by atoms with Crippen molar-refractivity contribution in [3.05, 3.63) is 84.1 Å². The van der Waals surface area contributed by atoms with Gasteiger partial charge in [0.1, 0.15) is 17.2 Å². The Kier molecular flexibility index (Phi) is 5.29. The summed E-state index contributed by atoms with van der Waals surface area (Å²) in [5, 5.41) is 16.2. The van der Waals surface area contributed by atoms with E-state index in [0.717, 1.165) is 34.2 Å². The van der Waals surface area contributed by atoms with Crippen LogP contribution in [0, 0.1) is 0 Å². The number of rotatable bonds is 6. The van der Waals surface area contributed by atoms with Gasteiger partial charge in [-0.15, -0.1) is 0 Å². The number of aryl methyl sites for hydroxylation is 1. The molecule has 1 N–H and O–H groups in total. The zero-order valence-corrected chi connectivity index (χ0v) is 16.2. The molecule has 0 bridgehead atoms. The molecule has 3 aromatic carbocycles. The van der Waals surface area contributed by atoms with Crippen LogP contribution in [0.3, 0.4) is 0 Å². The zero-order chi connectivity index (χ0) is 20.2. The van der Waals surface area contributed by atoms with Crippen molar-refractivity contribution in [2.45, 2.75) is 12.8 Å². The van der Waals surface area contributed by atoms with E-state index in [4.69, 9.17) is 4.52 Å². The van der Waals surface area contributed by atoms with Gasteiger partial charge >= 0.3 is 0 Å². The summed E-state index contributed by atoms with van der Waals surface area (Å²) in [6.45, 7) is 0.548. The number of phenols is 1. The maximum Gasteiger partial charge on any atom is 0.257 e. The fraction of sp³-hybridized carbons (Fsp3) is 0.167. The van der Waals surface area contributed by atoms with Crippen molar-refractivity contribution in [1.82, 2.24) is 10.1 Å². The van der Waals surface area contributed by atoms with Crippen LogP contribution in [0.15, 0.2) is 77.3 Å². The minimum Gasteiger partial charge on any atom is -0.507 e. The first-order chi connectivity index (χ1) is 14.1. The van der Waals surface area contributed by atoms with Crippen LogP contribution in [-0.2, 0) is 6.42 Å². The smallest absolute Gasteiger partial charge is 0.257 e. The van der Waals surface area contributed by atoms with E-state index in [1.54, 1.807) is 24.1 Å². The van der Waals surface area contributed by atoms with Crippen molar-refractivity contribution in [3.8, 4) is 17.0 Å². The molecule has 0 atom stereocenters. The summed E-state index contributed by atoms with van der Waals surface area (Å²) < 4.78 is 5.42. The molecule has 0 aliphatic carbocycles. The average Bonchev–Trinajstić information content (AvgIpc) is 3.22. The summed E-state index contributed by atoms with van der Waals surface area (Å²) in [4.78, 5) is 14.4. The second-order valence-electron chi connectivity index (χ2n) is 7.09. The first kappa shape index (κ1) is 18.7. The molecule has 29 heavy (non-hydrogen) atoms. The van der Waals surface area contributed by atoms with Gasteiger partial charge in [0.05, 0.1) is 5.56 Å². The minimum atomic E-state index is -0.198. The molecular weight excluding hydrogens is 364 g/mol. The third-order valence-corrected chi connectivity index (χ3v) is 4.99. The van der Waals surface area contributed by atoms with Gasteiger partial charge in [0, 0.05) is 31.6 Å². The summed E-state index contributed by atoms with van der Waals surface area (Å²) in [5.74, 6) is 0.595. The van der Waals surface area contributed by atoms with Crippen LogP contribution < -0.4 is 0 Å². The van der Waals surface area contributed by atoms with Crippen LogP contribution in [0.25, 0.3) is 22.0 Å². The number of amides is 1. The van der Waals surface area contributed by atoms with E-state index in [1.807, 2.05) is 60.7 Å². The Hall–Kier alpha value is -3.60. The summed E-state index contributed by atoms with van der Waals surface area (Å²) in [6.07, 6.45) is 1.42. The molecule has 1 aromatic heterocycles. The molecule has 0 fully saturated rings. The SMILES string of the molecule is CN(CCCc1cc(-c2ccccc2)no1)C(=O)c1cc2ccccc2cc1O. The average molecular weight is 386 g/mol. The van der Waals surface area contributed by atoms with Gasteiger partial charge in [-0.2, -0.15) is 0 Å². The number of hydrogen-bond donors (Lipinski definition) is 1. The molecule has 0 radical (unpaired) electrons. The van der Waals surface area contributed by atoms with Crippen molar-refractivity contribution in [1.29, 1.82) is 0 Å². The van der Waals surface area contributed by atoms with Crippen LogP contribution in [0.4, 0.5) is 0 Å². The third-order valence-electron chi connectivity index (χ3n) is 4.99. The van der Waals surface area contributed by atoms with Crippen molar-refractivity contribution >= 4 is 16.7 Å². The van der Waals surface area contributed by atoms with Crippen molar-refractivity contribution in [2.24, 2.45) is 0 Å². The van der Waals surface area contributed by atoms with Crippen LogP contribution in [0.5, 0.6) is 5.75 Å². The largest absolute Gasteiger partial charge is 0.507 e. The molecule has 0 aliphatic heterocycles. The Morgan fingerprint density at radius 2 is 1.69 bits per heavy atom. The lowest BCUT2D eigenvalue weighted by Crippen LogP contribution is -2.28. The van der Waals surface area contributed by atoms with Crippen LogP contribution >= 0.6 is 0 Å². The summed E-state index contributed by atoms with van der Waals surface area (Å²) in [5.41, 5.74) is 2.14. The maximum absolute atomic E-state index is 12.8. The highest BCUT2D eigenvalue weighted by molar-refractivity contribution is 6.01. The molecule has 0 saturated carbocycles. The number of carbonyl (C=O) groups is 1. The quantitative estimate of drug-likeness (QED) is 0.512. The van der Waals surface area contributed by atoms with Gasteiger partial charge in [0.15, 0.2) is 0 Å². The monoisotopic (exact) mass is 386 g/mol. The second-order valence-corrected chi connectivity index (χ2v) is 7.09. The first-order valence-electron chi connectivity index (χ1n) is 9.60.